The van der Waals surface area contributed by atoms with Crippen LogP contribution in [-0.4, -0.2) is 15.6 Å². The smallest absolute Gasteiger partial charge is 0.384 e. The van der Waals surface area contributed by atoms with Crippen LogP contribution in [0.3, 0.4) is 0 Å². The molecule has 8 heteroatoms. The molecule has 2 aromatic rings. The highest BCUT2D eigenvalue weighted by molar-refractivity contribution is 5.95. The van der Waals surface area contributed by atoms with Crippen LogP contribution in [0.2, 0.25) is 0 Å². The van der Waals surface area contributed by atoms with Crippen LogP contribution in [0.25, 0.3) is 0 Å². The van der Waals surface area contributed by atoms with E-state index in [9.17, 15) is 17.6 Å². The molecule has 0 bridgehead atoms. The molecule has 0 amide bonds. The fourth-order valence-corrected chi connectivity index (χ4v) is 1.68. The van der Waals surface area contributed by atoms with Gasteiger partial charge in [-0.25, -0.2) is 4.39 Å². The van der Waals surface area contributed by atoms with Gasteiger partial charge in [0.25, 0.3) is 0 Å². The molecule has 2 rings (SSSR count). The number of halogens is 4. The van der Waals surface area contributed by atoms with Crippen molar-refractivity contribution in [1.82, 2.24) is 9.78 Å². The lowest BCUT2D eigenvalue weighted by atomic mass is 10.1. The van der Waals surface area contributed by atoms with Crippen molar-refractivity contribution in [2.24, 2.45) is 5.73 Å². The van der Waals surface area contributed by atoms with Crippen LogP contribution in [0.1, 0.15) is 16.7 Å². The van der Waals surface area contributed by atoms with E-state index in [0.717, 1.165) is 10.9 Å². The number of amidine groups is 1. The average molecular weight is 286 g/mol. The first-order valence-corrected chi connectivity index (χ1v) is 5.50. The molecular weight excluding hydrogens is 276 g/mol. The molecule has 0 aliphatic rings. The second-order valence-corrected chi connectivity index (χ2v) is 4.12. The first kappa shape index (κ1) is 14.0. The van der Waals surface area contributed by atoms with E-state index in [1.54, 1.807) is 0 Å². The predicted molar refractivity (Wildman–Crippen MR) is 63.7 cm³/mol. The van der Waals surface area contributed by atoms with E-state index >= 15 is 0 Å². The predicted octanol–water partition coefficient (Wildman–Crippen LogP) is 2.37. The van der Waals surface area contributed by atoms with Crippen LogP contribution in [0, 0.1) is 11.2 Å². The summed E-state index contributed by atoms with van der Waals surface area (Å²) >= 11 is 0. The maximum absolute atomic E-state index is 14.0. The molecule has 0 saturated heterocycles. The number of nitrogens with zero attached hydrogens (tertiary/aromatic N) is 2. The van der Waals surface area contributed by atoms with Gasteiger partial charge in [-0.05, 0) is 6.07 Å². The summed E-state index contributed by atoms with van der Waals surface area (Å²) in [6, 6.07) is 4.20. The minimum absolute atomic E-state index is 0.0919. The van der Waals surface area contributed by atoms with Gasteiger partial charge in [-0.1, -0.05) is 12.1 Å². The van der Waals surface area contributed by atoms with Crippen molar-refractivity contribution < 1.29 is 17.6 Å². The molecule has 0 unspecified atom stereocenters. The summed E-state index contributed by atoms with van der Waals surface area (Å²) in [6.45, 7) is -0.178. The Morgan fingerprint density at radius 1 is 1.35 bits per heavy atom. The fraction of sp³-hybridized carbons (Fsp3) is 0.167. The number of benzene rings is 1. The molecule has 0 aliphatic heterocycles. The lowest BCUT2D eigenvalue weighted by Gasteiger charge is -2.07. The number of nitrogens with one attached hydrogen (secondary N) is 1. The van der Waals surface area contributed by atoms with E-state index in [-0.39, 0.29) is 17.7 Å². The summed E-state index contributed by atoms with van der Waals surface area (Å²) in [5.74, 6) is -1.18. The van der Waals surface area contributed by atoms with E-state index in [2.05, 4.69) is 5.10 Å². The summed E-state index contributed by atoms with van der Waals surface area (Å²) in [5.41, 5.74) is 4.32. The standard InChI is InChI=1S/C12H10F4N4/c13-10-7(2-1-3-9(10)11(17)18)5-20-6-8(4-19-20)12(14,15)16/h1-4,6H,5H2,(H3,17,18). The quantitative estimate of drug-likeness (QED) is 0.517. The zero-order valence-electron chi connectivity index (χ0n) is 10.1. The molecule has 1 heterocycles. The molecule has 0 radical (unpaired) electrons. The zero-order chi connectivity index (χ0) is 14.9. The molecule has 0 atom stereocenters. The summed E-state index contributed by atoms with van der Waals surface area (Å²) in [7, 11) is 0. The van der Waals surface area contributed by atoms with Gasteiger partial charge in [0.1, 0.15) is 11.7 Å². The third kappa shape index (κ3) is 2.79. The SMILES string of the molecule is N=C(N)c1cccc(Cn2cc(C(F)(F)F)cn2)c1F. The van der Waals surface area contributed by atoms with E-state index in [0.29, 0.717) is 6.20 Å². The highest BCUT2D eigenvalue weighted by atomic mass is 19.4. The average Bonchev–Trinajstić information content (AvgIpc) is 2.80. The number of hydrogen-bond acceptors (Lipinski definition) is 2. The molecule has 0 aliphatic carbocycles. The lowest BCUT2D eigenvalue weighted by Crippen LogP contribution is -2.15. The number of nitrogens with two attached hydrogens (primary N) is 1. The summed E-state index contributed by atoms with van der Waals surface area (Å²) < 4.78 is 52.2. The van der Waals surface area contributed by atoms with Gasteiger partial charge in [-0.2, -0.15) is 18.3 Å². The van der Waals surface area contributed by atoms with Crippen molar-refractivity contribution in [1.29, 1.82) is 5.41 Å². The Morgan fingerprint density at radius 3 is 2.60 bits per heavy atom. The topological polar surface area (TPSA) is 67.7 Å². The van der Waals surface area contributed by atoms with E-state index in [4.69, 9.17) is 11.1 Å². The number of alkyl halides is 3. The van der Waals surface area contributed by atoms with Crippen molar-refractivity contribution >= 4 is 5.84 Å². The number of aromatic nitrogens is 2. The Labute approximate surface area is 111 Å². The molecule has 1 aromatic carbocycles. The minimum atomic E-state index is -4.49. The van der Waals surface area contributed by atoms with Crippen LogP contribution < -0.4 is 5.73 Å². The van der Waals surface area contributed by atoms with Crippen molar-refractivity contribution in [2.75, 3.05) is 0 Å². The summed E-state index contributed by atoms with van der Waals surface area (Å²) in [6.07, 6.45) is -3.02. The molecule has 0 spiro atoms. The molecule has 0 fully saturated rings. The monoisotopic (exact) mass is 286 g/mol. The summed E-state index contributed by atoms with van der Waals surface area (Å²) in [4.78, 5) is 0. The third-order valence-electron chi connectivity index (χ3n) is 2.66. The first-order valence-electron chi connectivity index (χ1n) is 5.50. The van der Waals surface area contributed by atoms with E-state index < -0.39 is 23.4 Å². The third-order valence-corrected chi connectivity index (χ3v) is 2.66. The zero-order valence-corrected chi connectivity index (χ0v) is 10.1. The molecule has 0 saturated carbocycles. The molecular formula is C12H10F4N4. The highest BCUT2D eigenvalue weighted by Crippen LogP contribution is 2.28. The summed E-state index contributed by atoms with van der Waals surface area (Å²) in [5, 5.41) is 10.7. The maximum Gasteiger partial charge on any atom is 0.419 e. The van der Waals surface area contributed by atoms with Gasteiger partial charge in [0.05, 0.1) is 23.9 Å². The van der Waals surface area contributed by atoms with Gasteiger partial charge < -0.3 is 5.73 Å². The number of nitrogen functional groups attached to an aromatic ring is 1. The molecule has 1 aromatic heterocycles. The Balaban J connectivity index is 2.29. The highest BCUT2D eigenvalue weighted by Gasteiger charge is 2.32. The van der Waals surface area contributed by atoms with Crippen molar-refractivity contribution in [3.05, 3.63) is 53.1 Å². The van der Waals surface area contributed by atoms with Crippen molar-refractivity contribution in [3.8, 4) is 0 Å². The van der Waals surface area contributed by atoms with Crippen LogP contribution >= 0.6 is 0 Å². The second kappa shape index (κ2) is 4.95. The van der Waals surface area contributed by atoms with E-state index in [1.165, 1.54) is 18.2 Å². The van der Waals surface area contributed by atoms with Gasteiger partial charge in [0.2, 0.25) is 0 Å². The molecule has 3 N–H and O–H groups in total. The van der Waals surface area contributed by atoms with Crippen molar-refractivity contribution in [2.45, 2.75) is 12.7 Å². The van der Waals surface area contributed by atoms with Gasteiger partial charge in [-0.3, -0.25) is 10.1 Å². The molecule has 106 valence electrons. The van der Waals surface area contributed by atoms with Gasteiger partial charge >= 0.3 is 6.18 Å². The first-order chi connectivity index (χ1) is 9.29. The number of hydrogen-bond donors (Lipinski definition) is 2. The van der Waals surface area contributed by atoms with Gasteiger partial charge in [0, 0.05) is 11.8 Å². The van der Waals surface area contributed by atoms with Crippen LogP contribution in [0.4, 0.5) is 17.6 Å². The fourth-order valence-electron chi connectivity index (χ4n) is 1.68. The Kier molecular flexibility index (Phi) is 3.47. The maximum atomic E-state index is 14.0. The van der Waals surface area contributed by atoms with Gasteiger partial charge in [0.15, 0.2) is 0 Å². The Bertz CT molecular complexity index is 645. The molecule has 4 nitrogen and oxygen atoms in total. The van der Waals surface area contributed by atoms with Crippen LogP contribution in [0.5, 0.6) is 0 Å². The Morgan fingerprint density at radius 2 is 2.05 bits per heavy atom. The van der Waals surface area contributed by atoms with Crippen LogP contribution in [0.15, 0.2) is 30.6 Å². The van der Waals surface area contributed by atoms with Crippen LogP contribution in [-0.2, 0) is 12.7 Å². The number of rotatable bonds is 3. The Hall–Kier alpha value is -2.38. The largest absolute Gasteiger partial charge is 0.419 e. The van der Waals surface area contributed by atoms with E-state index in [1.807, 2.05) is 0 Å². The second-order valence-electron chi connectivity index (χ2n) is 4.12. The lowest BCUT2D eigenvalue weighted by molar-refractivity contribution is -0.137. The minimum Gasteiger partial charge on any atom is -0.384 e. The van der Waals surface area contributed by atoms with Crippen molar-refractivity contribution in [3.63, 3.8) is 0 Å². The van der Waals surface area contributed by atoms with Gasteiger partial charge in [-0.15, -0.1) is 0 Å². The normalized spacial score (nSPS) is 11.6. The molecule has 20 heavy (non-hydrogen) atoms.